The summed E-state index contributed by atoms with van der Waals surface area (Å²) in [6.45, 7) is 13.3. The highest BCUT2D eigenvalue weighted by atomic mass is 16.6. The van der Waals surface area contributed by atoms with Crippen molar-refractivity contribution in [1.29, 1.82) is 0 Å². The van der Waals surface area contributed by atoms with E-state index in [1.165, 1.54) is 7.11 Å². The Kier molecular flexibility index (Phi) is 10.3. The number of piperidine rings is 1. The fraction of sp³-hybridized carbons (Fsp3) is 0.630. The molecule has 2 unspecified atom stereocenters. The number of nitrogens with zero attached hydrogens (tertiary/aromatic N) is 1. The van der Waals surface area contributed by atoms with Crippen LogP contribution in [-0.4, -0.2) is 66.6 Å². The maximum Gasteiger partial charge on any atom is 0.408 e. The van der Waals surface area contributed by atoms with Crippen molar-refractivity contribution in [2.75, 3.05) is 25.5 Å². The van der Waals surface area contributed by atoms with Gasteiger partial charge in [0.15, 0.2) is 0 Å². The predicted molar refractivity (Wildman–Crippen MR) is 141 cm³/mol. The number of carbonyl (C=O) groups is 4. The SMILES string of the molecule is COc1ccc(C)cc1NC(=O)C(C)NC(=O)C1CCN(C(=O)C(NC(=O)OC(C)(C)C)C(C)C)CC1. The van der Waals surface area contributed by atoms with Crippen molar-refractivity contribution < 1.29 is 28.7 Å². The number of carbonyl (C=O) groups excluding carboxylic acids is 4. The van der Waals surface area contributed by atoms with E-state index < -0.39 is 23.8 Å². The number of hydrogen-bond donors (Lipinski definition) is 3. The van der Waals surface area contributed by atoms with Crippen molar-refractivity contribution in [1.82, 2.24) is 15.5 Å². The van der Waals surface area contributed by atoms with E-state index in [1.54, 1.807) is 44.7 Å². The lowest BCUT2D eigenvalue weighted by molar-refractivity contribution is -0.138. The van der Waals surface area contributed by atoms with Crippen LogP contribution in [0.5, 0.6) is 5.75 Å². The lowest BCUT2D eigenvalue weighted by Crippen LogP contribution is -2.54. The largest absolute Gasteiger partial charge is 0.495 e. The minimum absolute atomic E-state index is 0.132. The van der Waals surface area contributed by atoms with Crippen molar-refractivity contribution in [3.8, 4) is 5.75 Å². The number of alkyl carbamates (subject to hydrolysis) is 1. The van der Waals surface area contributed by atoms with E-state index in [1.807, 2.05) is 26.8 Å². The highest BCUT2D eigenvalue weighted by molar-refractivity contribution is 5.98. The lowest BCUT2D eigenvalue weighted by Gasteiger charge is -2.35. The third-order valence-corrected chi connectivity index (χ3v) is 6.15. The molecule has 1 aliphatic rings. The fourth-order valence-electron chi connectivity index (χ4n) is 4.06. The summed E-state index contributed by atoms with van der Waals surface area (Å²) in [5.74, 6) is -0.678. The van der Waals surface area contributed by atoms with Gasteiger partial charge in [0.25, 0.3) is 0 Å². The molecule has 1 aliphatic heterocycles. The zero-order chi connectivity index (χ0) is 27.9. The van der Waals surface area contributed by atoms with E-state index in [0.717, 1.165) is 5.56 Å². The minimum atomic E-state index is -0.749. The van der Waals surface area contributed by atoms with E-state index in [-0.39, 0.29) is 29.6 Å². The Balaban J connectivity index is 1.89. The lowest BCUT2D eigenvalue weighted by atomic mass is 9.94. The van der Waals surface area contributed by atoms with Gasteiger partial charge in [-0.15, -0.1) is 0 Å². The van der Waals surface area contributed by atoms with Crippen LogP contribution >= 0.6 is 0 Å². The molecule has 3 N–H and O–H groups in total. The highest BCUT2D eigenvalue weighted by Gasteiger charge is 2.34. The van der Waals surface area contributed by atoms with E-state index in [9.17, 15) is 19.2 Å². The Morgan fingerprint density at radius 1 is 1.03 bits per heavy atom. The highest BCUT2D eigenvalue weighted by Crippen LogP contribution is 2.25. The number of rotatable bonds is 8. The van der Waals surface area contributed by atoms with Gasteiger partial charge in [-0.05, 0) is 71.1 Å². The van der Waals surface area contributed by atoms with Gasteiger partial charge in [-0.2, -0.15) is 0 Å². The molecule has 0 aromatic heterocycles. The van der Waals surface area contributed by atoms with Gasteiger partial charge in [-0.1, -0.05) is 19.9 Å². The van der Waals surface area contributed by atoms with Crippen LogP contribution in [0.1, 0.15) is 59.9 Å². The number of likely N-dealkylation sites (tertiary alicyclic amines) is 1. The van der Waals surface area contributed by atoms with E-state index in [4.69, 9.17) is 9.47 Å². The van der Waals surface area contributed by atoms with Crippen LogP contribution in [0.25, 0.3) is 0 Å². The predicted octanol–water partition coefficient (Wildman–Crippen LogP) is 3.23. The van der Waals surface area contributed by atoms with Gasteiger partial charge in [-0.3, -0.25) is 14.4 Å². The van der Waals surface area contributed by atoms with Crippen LogP contribution in [0.3, 0.4) is 0 Å². The standard InChI is InChI=1S/C27H42N4O6/c1-16(2)22(30-26(35)37-27(5,6)7)25(34)31-13-11-19(12-14-31)24(33)28-18(4)23(32)29-20-15-17(3)9-10-21(20)36-8/h9-10,15-16,18-19,22H,11-14H2,1-8H3,(H,28,33)(H,29,32)(H,30,35). The van der Waals surface area contributed by atoms with Crippen molar-refractivity contribution in [3.63, 3.8) is 0 Å². The van der Waals surface area contributed by atoms with E-state index in [0.29, 0.717) is 37.4 Å². The third-order valence-electron chi connectivity index (χ3n) is 6.15. The summed E-state index contributed by atoms with van der Waals surface area (Å²) in [5, 5.41) is 8.28. The van der Waals surface area contributed by atoms with Crippen LogP contribution in [-0.2, 0) is 19.1 Å². The average Bonchev–Trinajstić information content (AvgIpc) is 2.81. The molecule has 1 aromatic carbocycles. The molecular formula is C27H42N4O6. The topological polar surface area (TPSA) is 126 Å². The van der Waals surface area contributed by atoms with Crippen LogP contribution < -0.4 is 20.7 Å². The molecule has 1 fully saturated rings. The maximum absolute atomic E-state index is 13.1. The summed E-state index contributed by atoms with van der Waals surface area (Å²) in [7, 11) is 1.53. The van der Waals surface area contributed by atoms with Gasteiger partial charge in [0, 0.05) is 19.0 Å². The number of methoxy groups -OCH3 is 1. The zero-order valence-electron chi connectivity index (χ0n) is 23.3. The second-order valence-electron chi connectivity index (χ2n) is 10.9. The van der Waals surface area contributed by atoms with Gasteiger partial charge in [0.05, 0.1) is 12.8 Å². The van der Waals surface area contributed by atoms with Crippen molar-refractivity contribution >= 4 is 29.5 Å². The molecule has 10 heteroatoms. The first-order chi connectivity index (χ1) is 17.2. The fourth-order valence-corrected chi connectivity index (χ4v) is 4.06. The Morgan fingerprint density at radius 2 is 1.65 bits per heavy atom. The Labute approximate surface area is 219 Å². The van der Waals surface area contributed by atoms with Gasteiger partial charge < -0.3 is 30.3 Å². The van der Waals surface area contributed by atoms with Crippen molar-refractivity contribution in [2.45, 2.75) is 79.0 Å². The average molecular weight is 519 g/mol. The molecule has 10 nitrogen and oxygen atoms in total. The van der Waals surface area contributed by atoms with Gasteiger partial charge >= 0.3 is 6.09 Å². The van der Waals surface area contributed by atoms with Gasteiger partial charge in [0.2, 0.25) is 17.7 Å². The summed E-state index contributed by atoms with van der Waals surface area (Å²) in [6.07, 6.45) is 0.299. The maximum atomic E-state index is 13.1. The molecule has 37 heavy (non-hydrogen) atoms. The summed E-state index contributed by atoms with van der Waals surface area (Å²) >= 11 is 0. The number of hydrogen-bond acceptors (Lipinski definition) is 6. The number of anilines is 1. The Hall–Kier alpha value is -3.30. The molecule has 1 aromatic rings. The summed E-state index contributed by atoms with van der Waals surface area (Å²) in [5.41, 5.74) is 0.843. The second-order valence-corrected chi connectivity index (χ2v) is 10.9. The van der Waals surface area contributed by atoms with E-state index in [2.05, 4.69) is 16.0 Å². The number of nitrogens with one attached hydrogen (secondary N) is 3. The van der Waals surface area contributed by atoms with Gasteiger partial charge in [-0.25, -0.2) is 4.79 Å². The van der Waals surface area contributed by atoms with E-state index >= 15 is 0 Å². The minimum Gasteiger partial charge on any atom is -0.495 e. The molecule has 1 saturated heterocycles. The normalized spacial score (nSPS) is 16.0. The molecule has 0 bridgehead atoms. The molecule has 4 amide bonds. The third kappa shape index (κ3) is 8.94. The Morgan fingerprint density at radius 3 is 2.19 bits per heavy atom. The van der Waals surface area contributed by atoms with Crippen molar-refractivity contribution in [2.24, 2.45) is 11.8 Å². The molecule has 0 radical (unpaired) electrons. The smallest absolute Gasteiger partial charge is 0.408 e. The van der Waals surface area contributed by atoms with Gasteiger partial charge in [0.1, 0.15) is 23.4 Å². The first kappa shape index (κ1) is 29.9. The van der Waals surface area contributed by atoms with Crippen LogP contribution in [0.2, 0.25) is 0 Å². The molecule has 0 aliphatic carbocycles. The van der Waals surface area contributed by atoms with Crippen LogP contribution in [0.4, 0.5) is 10.5 Å². The first-order valence-corrected chi connectivity index (χ1v) is 12.8. The monoisotopic (exact) mass is 518 g/mol. The molecule has 2 rings (SSSR count). The Bertz CT molecular complexity index is 980. The molecule has 0 spiro atoms. The van der Waals surface area contributed by atoms with Crippen LogP contribution in [0, 0.1) is 18.8 Å². The molecule has 0 saturated carbocycles. The molecule has 2 atom stereocenters. The summed E-state index contributed by atoms with van der Waals surface area (Å²) in [6, 6.07) is 3.99. The quantitative estimate of drug-likeness (QED) is 0.485. The summed E-state index contributed by atoms with van der Waals surface area (Å²) in [4.78, 5) is 52.6. The van der Waals surface area contributed by atoms with Crippen molar-refractivity contribution in [3.05, 3.63) is 23.8 Å². The number of benzene rings is 1. The number of aryl methyl sites for hydroxylation is 1. The zero-order valence-corrected chi connectivity index (χ0v) is 23.3. The molecule has 206 valence electrons. The molecular weight excluding hydrogens is 476 g/mol. The molecule has 1 heterocycles. The number of amides is 4. The number of ether oxygens (including phenoxy) is 2. The van der Waals surface area contributed by atoms with Crippen LogP contribution in [0.15, 0.2) is 18.2 Å². The second kappa shape index (κ2) is 12.8. The first-order valence-electron chi connectivity index (χ1n) is 12.8. The summed E-state index contributed by atoms with van der Waals surface area (Å²) < 4.78 is 10.6.